The molecule has 104 valence electrons. The van der Waals surface area contributed by atoms with Gasteiger partial charge >= 0.3 is 0 Å². The molecule has 0 rings (SSSR count). The number of nitrogens with one attached hydrogen (secondary N) is 1. The standard InChI is InChI=1S/C14H31NO2/c1-6-7-10-16-11-12-17-13(2)8-9-15-14(3,4)5/h13,15H,6-12H2,1-5H3. The van der Waals surface area contributed by atoms with E-state index in [0.29, 0.717) is 12.7 Å². The lowest BCUT2D eigenvalue weighted by molar-refractivity contribution is 0.00840. The van der Waals surface area contributed by atoms with Crippen LogP contribution in [0, 0.1) is 0 Å². The Morgan fingerprint density at radius 1 is 1.12 bits per heavy atom. The van der Waals surface area contributed by atoms with Gasteiger partial charge in [-0.25, -0.2) is 0 Å². The zero-order chi connectivity index (χ0) is 13.1. The third kappa shape index (κ3) is 13.8. The van der Waals surface area contributed by atoms with Crippen LogP contribution >= 0.6 is 0 Å². The SMILES string of the molecule is CCCCOCCOC(C)CCNC(C)(C)C. The lowest BCUT2D eigenvalue weighted by Crippen LogP contribution is -2.37. The quantitative estimate of drug-likeness (QED) is 0.600. The largest absolute Gasteiger partial charge is 0.379 e. The van der Waals surface area contributed by atoms with Crippen LogP contribution in [0.4, 0.5) is 0 Å². The predicted octanol–water partition coefficient (Wildman–Crippen LogP) is 2.99. The third-order valence-electron chi connectivity index (χ3n) is 2.48. The molecule has 0 aliphatic rings. The van der Waals surface area contributed by atoms with Gasteiger partial charge in [0.15, 0.2) is 0 Å². The molecule has 0 radical (unpaired) electrons. The molecule has 0 fully saturated rings. The molecule has 0 amide bonds. The number of unbranched alkanes of at least 4 members (excludes halogenated alkanes) is 1. The van der Waals surface area contributed by atoms with Gasteiger partial charge in [0.1, 0.15) is 0 Å². The highest BCUT2D eigenvalue weighted by Crippen LogP contribution is 2.01. The average Bonchev–Trinajstić information content (AvgIpc) is 2.21. The van der Waals surface area contributed by atoms with Gasteiger partial charge in [-0.05, 0) is 47.1 Å². The van der Waals surface area contributed by atoms with Crippen LogP contribution in [-0.4, -0.2) is 38.0 Å². The van der Waals surface area contributed by atoms with Crippen molar-refractivity contribution >= 4 is 0 Å². The molecule has 0 bridgehead atoms. The van der Waals surface area contributed by atoms with Crippen molar-refractivity contribution in [2.75, 3.05) is 26.4 Å². The van der Waals surface area contributed by atoms with Crippen LogP contribution in [0.1, 0.15) is 53.9 Å². The van der Waals surface area contributed by atoms with Crippen molar-refractivity contribution < 1.29 is 9.47 Å². The van der Waals surface area contributed by atoms with Gasteiger partial charge in [0.05, 0.1) is 19.3 Å². The van der Waals surface area contributed by atoms with Gasteiger partial charge < -0.3 is 14.8 Å². The monoisotopic (exact) mass is 245 g/mol. The third-order valence-corrected chi connectivity index (χ3v) is 2.48. The molecule has 0 aliphatic carbocycles. The zero-order valence-electron chi connectivity index (χ0n) is 12.3. The highest BCUT2D eigenvalue weighted by molar-refractivity contribution is 4.70. The molecule has 1 unspecified atom stereocenters. The van der Waals surface area contributed by atoms with Crippen molar-refractivity contribution in [1.82, 2.24) is 5.32 Å². The second kappa shape index (κ2) is 9.86. The van der Waals surface area contributed by atoms with Crippen molar-refractivity contribution in [1.29, 1.82) is 0 Å². The molecule has 0 heterocycles. The minimum atomic E-state index is 0.197. The first kappa shape index (κ1) is 16.9. The van der Waals surface area contributed by atoms with E-state index in [1.165, 1.54) is 6.42 Å². The second-order valence-electron chi connectivity index (χ2n) is 5.61. The molecule has 0 saturated carbocycles. The summed E-state index contributed by atoms with van der Waals surface area (Å²) in [4.78, 5) is 0. The first-order valence-electron chi connectivity index (χ1n) is 6.90. The summed E-state index contributed by atoms with van der Waals surface area (Å²) in [5.74, 6) is 0. The summed E-state index contributed by atoms with van der Waals surface area (Å²) in [7, 11) is 0. The molecule has 1 N–H and O–H groups in total. The summed E-state index contributed by atoms with van der Waals surface area (Å²) >= 11 is 0. The van der Waals surface area contributed by atoms with E-state index in [2.05, 4.69) is 39.9 Å². The minimum absolute atomic E-state index is 0.197. The number of hydrogen-bond acceptors (Lipinski definition) is 3. The van der Waals surface area contributed by atoms with E-state index in [0.717, 1.165) is 32.6 Å². The van der Waals surface area contributed by atoms with Crippen molar-refractivity contribution in [2.45, 2.75) is 65.5 Å². The Hall–Kier alpha value is -0.120. The molecule has 1 atom stereocenters. The van der Waals surface area contributed by atoms with E-state index < -0.39 is 0 Å². The minimum Gasteiger partial charge on any atom is -0.379 e. The summed E-state index contributed by atoms with van der Waals surface area (Å²) in [6, 6.07) is 0. The number of rotatable bonds is 10. The zero-order valence-corrected chi connectivity index (χ0v) is 12.3. The van der Waals surface area contributed by atoms with Gasteiger partial charge in [-0.15, -0.1) is 0 Å². The van der Waals surface area contributed by atoms with E-state index in [9.17, 15) is 0 Å². The van der Waals surface area contributed by atoms with Crippen LogP contribution in [0.15, 0.2) is 0 Å². The topological polar surface area (TPSA) is 30.5 Å². The Labute approximate surface area is 107 Å². The fraction of sp³-hybridized carbons (Fsp3) is 1.00. The van der Waals surface area contributed by atoms with Crippen molar-refractivity contribution in [3.63, 3.8) is 0 Å². The molecule has 0 aromatic carbocycles. The number of ether oxygens (including phenoxy) is 2. The Balaban J connectivity index is 3.26. The van der Waals surface area contributed by atoms with E-state index in [4.69, 9.17) is 9.47 Å². The van der Waals surface area contributed by atoms with E-state index in [1.807, 2.05) is 0 Å². The molecule has 17 heavy (non-hydrogen) atoms. The van der Waals surface area contributed by atoms with Crippen LogP contribution < -0.4 is 5.32 Å². The van der Waals surface area contributed by atoms with Gasteiger partial charge in [-0.2, -0.15) is 0 Å². The van der Waals surface area contributed by atoms with Crippen LogP contribution in [0.2, 0.25) is 0 Å². The normalized spacial score (nSPS) is 13.9. The van der Waals surface area contributed by atoms with Crippen molar-refractivity contribution in [3.8, 4) is 0 Å². The molecule has 0 aromatic heterocycles. The second-order valence-corrected chi connectivity index (χ2v) is 5.61. The fourth-order valence-electron chi connectivity index (χ4n) is 1.39. The van der Waals surface area contributed by atoms with Crippen LogP contribution in [0.25, 0.3) is 0 Å². The van der Waals surface area contributed by atoms with Gasteiger partial charge in [0, 0.05) is 12.1 Å². The summed E-state index contributed by atoms with van der Waals surface area (Å²) in [5, 5.41) is 3.46. The molecular weight excluding hydrogens is 214 g/mol. The van der Waals surface area contributed by atoms with Gasteiger partial charge in [0.2, 0.25) is 0 Å². The predicted molar refractivity (Wildman–Crippen MR) is 73.5 cm³/mol. The maximum absolute atomic E-state index is 5.67. The lowest BCUT2D eigenvalue weighted by Gasteiger charge is -2.22. The highest BCUT2D eigenvalue weighted by atomic mass is 16.5. The van der Waals surface area contributed by atoms with Crippen LogP contribution in [0.3, 0.4) is 0 Å². The maximum Gasteiger partial charge on any atom is 0.0704 e. The smallest absolute Gasteiger partial charge is 0.0704 e. The Morgan fingerprint density at radius 3 is 2.41 bits per heavy atom. The average molecular weight is 245 g/mol. The highest BCUT2D eigenvalue weighted by Gasteiger charge is 2.09. The van der Waals surface area contributed by atoms with E-state index in [1.54, 1.807) is 0 Å². The molecule has 0 aliphatic heterocycles. The first-order valence-corrected chi connectivity index (χ1v) is 6.90. The summed E-state index contributed by atoms with van der Waals surface area (Å²) in [5.41, 5.74) is 0.197. The van der Waals surface area contributed by atoms with Crippen LogP contribution in [-0.2, 0) is 9.47 Å². The molecule has 0 saturated heterocycles. The Kier molecular flexibility index (Phi) is 9.79. The van der Waals surface area contributed by atoms with Crippen molar-refractivity contribution in [2.24, 2.45) is 0 Å². The maximum atomic E-state index is 5.67. The molecule has 0 spiro atoms. The fourth-order valence-corrected chi connectivity index (χ4v) is 1.39. The molecule has 3 heteroatoms. The molecular formula is C14H31NO2. The van der Waals surface area contributed by atoms with Crippen molar-refractivity contribution in [3.05, 3.63) is 0 Å². The number of hydrogen-bond donors (Lipinski definition) is 1. The Morgan fingerprint density at radius 2 is 1.82 bits per heavy atom. The van der Waals surface area contributed by atoms with E-state index in [-0.39, 0.29) is 5.54 Å². The lowest BCUT2D eigenvalue weighted by atomic mass is 10.1. The summed E-state index contributed by atoms with van der Waals surface area (Å²) < 4.78 is 11.1. The first-order chi connectivity index (χ1) is 7.95. The summed E-state index contributed by atoms with van der Waals surface area (Å²) in [6.45, 7) is 14.1. The van der Waals surface area contributed by atoms with Gasteiger partial charge in [-0.3, -0.25) is 0 Å². The summed E-state index contributed by atoms with van der Waals surface area (Å²) in [6.07, 6.45) is 3.69. The Bertz CT molecular complexity index is 166. The van der Waals surface area contributed by atoms with Gasteiger partial charge in [-0.1, -0.05) is 13.3 Å². The van der Waals surface area contributed by atoms with Gasteiger partial charge in [0.25, 0.3) is 0 Å². The molecule has 3 nitrogen and oxygen atoms in total. The van der Waals surface area contributed by atoms with E-state index >= 15 is 0 Å². The molecule has 0 aromatic rings. The van der Waals surface area contributed by atoms with Crippen LogP contribution in [0.5, 0.6) is 0 Å².